The van der Waals surface area contributed by atoms with Crippen molar-refractivity contribution < 1.29 is 18.7 Å². The van der Waals surface area contributed by atoms with Gasteiger partial charge in [-0.3, -0.25) is 0 Å². The average Bonchev–Trinajstić information content (AvgIpc) is 2.79. The lowest BCUT2D eigenvalue weighted by Gasteiger charge is -2.19. The summed E-state index contributed by atoms with van der Waals surface area (Å²) < 4.78 is 26.7. The SMILES string of the molecule is O=C(Nc1c(F)cc(F)cc1Cl)N[C@@H]1c2ccccc2C[C@@H]1O. The van der Waals surface area contributed by atoms with Crippen LogP contribution in [0.15, 0.2) is 36.4 Å². The largest absolute Gasteiger partial charge is 0.390 e. The minimum atomic E-state index is -0.975. The van der Waals surface area contributed by atoms with Gasteiger partial charge in [0, 0.05) is 12.5 Å². The first kappa shape index (κ1) is 15.7. The van der Waals surface area contributed by atoms with Crippen LogP contribution in [0.5, 0.6) is 0 Å². The van der Waals surface area contributed by atoms with Crippen molar-refractivity contribution in [2.45, 2.75) is 18.6 Å². The predicted molar refractivity (Wildman–Crippen MR) is 82.4 cm³/mol. The molecule has 0 heterocycles. The fourth-order valence-corrected chi connectivity index (χ4v) is 2.94. The molecule has 3 N–H and O–H groups in total. The van der Waals surface area contributed by atoms with E-state index in [0.717, 1.165) is 17.2 Å². The summed E-state index contributed by atoms with van der Waals surface area (Å²) in [6, 6.07) is 7.52. The van der Waals surface area contributed by atoms with Gasteiger partial charge in [0.05, 0.1) is 22.9 Å². The van der Waals surface area contributed by atoms with Crippen LogP contribution in [0, 0.1) is 11.6 Å². The third kappa shape index (κ3) is 3.13. The Labute approximate surface area is 136 Å². The van der Waals surface area contributed by atoms with Gasteiger partial charge in [-0.1, -0.05) is 35.9 Å². The zero-order chi connectivity index (χ0) is 16.6. The number of carbonyl (C=O) groups is 1. The molecule has 0 aromatic heterocycles. The van der Waals surface area contributed by atoms with Crippen molar-refractivity contribution in [1.29, 1.82) is 0 Å². The van der Waals surface area contributed by atoms with Gasteiger partial charge in [0.2, 0.25) is 0 Å². The number of rotatable bonds is 2. The number of anilines is 1. The summed E-state index contributed by atoms with van der Waals surface area (Å²) in [5.74, 6) is -1.81. The molecule has 0 saturated heterocycles. The molecule has 0 aliphatic heterocycles. The number of carbonyl (C=O) groups excluding carboxylic acids is 1. The molecular weight excluding hydrogens is 326 g/mol. The Morgan fingerprint density at radius 1 is 1.26 bits per heavy atom. The van der Waals surface area contributed by atoms with Crippen molar-refractivity contribution in [3.05, 3.63) is 64.2 Å². The summed E-state index contributed by atoms with van der Waals surface area (Å²) in [5, 5.41) is 14.7. The van der Waals surface area contributed by atoms with Crippen LogP contribution in [0.4, 0.5) is 19.3 Å². The van der Waals surface area contributed by atoms with E-state index in [4.69, 9.17) is 11.6 Å². The molecule has 1 aliphatic carbocycles. The van der Waals surface area contributed by atoms with Crippen molar-refractivity contribution in [3.63, 3.8) is 0 Å². The van der Waals surface area contributed by atoms with E-state index in [1.54, 1.807) is 6.07 Å². The van der Waals surface area contributed by atoms with Crippen LogP contribution >= 0.6 is 11.6 Å². The Bertz CT molecular complexity index is 746. The Balaban J connectivity index is 1.76. The number of hydrogen-bond donors (Lipinski definition) is 3. The standard InChI is InChI=1S/C16H13ClF2N2O2/c17-11-6-9(18)7-12(19)15(11)21-16(23)20-14-10-4-2-1-3-8(10)5-13(14)22/h1-4,6-7,13-14,22H,5H2,(H2,20,21,23)/t13-,14+/m0/s1. The second kappa shape index (κ2) is 6.14. The Kier molecular flexibility index (Phi) is 4.19. The van der Waals surface area contributed by atoms with Gasteiger partial charge in [-0.05, 0) is 17.2 Å². The fourth-order valence-electron chi connectivity index (χ4n) is 2.70. The van der Waals surface area contributed by atoms with E-state index >= 15 is 0 Å². The highest BCUT2D eigenvalue weighted by atomic mass is 35.5. The molecule has 0 bridgehead atoms. The Morgan fingerprint density at radius 2 is 2.00 bits per heavy atom. The topological polar surface area (TPSA) is 61.4 Å². The van der Waals surface area contributed by atoms with Crippen molar-refractivity contribution in [2.24, 2.45) is 0 Å². The van der Waals surface area contributed by atoms with Gasteiger partial charge in [0.25, 0.3) is 0 Å². The van der Waals surface area contributed by atoms with Crippen LogP contribution in [-0.2, 0) is 6.42 Å². The molecule has 2 aromatic rings. The van der Waals surface area contributed by atoms with Crippen LogP contribution in [0.2, 0.25) is 5.02 Å². The molecule has 2 atom stereocenters. The number of urea groups is 1. The van der Waals surface area contributed by atoms with E-state index in [1.165, 1.54) is 0 Å². The molecule has 120 valence electrons. The molecule has 1 aliphatic rings. The highest BCUT2D eigenvalue weighted by molar-refractivity contribution is 6.33. The fraction of sp³-hybridized carbons (Fsp3) is 0.188. The smallest absolute Gasteiger partial charge is 0.319 e. The van der Waals surface area contributed by atoms with Crippen LogP contribution in [0.1, 0.15) is 17.2 Å². The summed E-state index contributed by atoms with van der Waals surface area (Å²) in [6.45, 7) is 0. The van der Waals surface area contributed by atoms with Gasteiger partial charge in [-0.25, -0.2) is 13.6 Å². The molecule has 0 fully saturated rings. The van der Waals surface area contributed by atoms with Gasteiger partial charge in [-0.2, -0.15) is 0 Å². The van der Waals surface area contributed by atoms with Gasteiger partial charge in [0.15, 0.2) is 5.82 Å². The number of fused-ring (bicyclic) bond motifs is 1. The minimum absolute atomic E-state index is 0.245. The summed E-state index contributed by atoms with van der Waals surface area (Å²) in [7, 11) is 0. The van der Waals surface area contributed by atoms with E-state index < -0.39 is 29.8 Å². The van der Waals surface area contributed by atoms with Crippen LogP contribution in [0.25, 0.3) is 0 Å². The second-order valence-corrected chi connectivity index (χ2v) is 5.70. The molecule has 0 saturated carbocycles. The molecule has 23 heavy (non-hydrogen) atoms. The summed E-state index contributed by atoms with van der Waals surface area (Å²) in [4.78, 5) is 12.1. The van der Waals surface area contributed by atoms with E-state index in [9.17, 15) is 18.7 Å². The first-order valence-corrected chi connectivity index (χ1v) is 7.31. The molecule has 2 amide bonds. The normalized spacial score (nSPS) is 19.3. The molecule has 0 spiro atoms. The molecule has 0 radical (unpaired) electrons. The Hall–Kier alpha value is -2.18. The van der Waals surface area contributed by atoms with E-state index in [-0.39, 0.29) is 10.7 Å². The third-order valence-electron chi connectivity index (χ3n) is 3.74. The highest BCUT2D eigenvalue weighted by Gasteiger charge is 2.32. The van der Waals surface area contributed by atoms with Crippen LogP contribution in [0.3, 0.4) is 0 Å². The van der Waals surface area contributed by atoms with Gasteiger partial charge in [0.1, 0.15) is 5.82 Å². The highest BCUT2D eigenvalue weighted by Crippen LogP contribution is 2.32. The van der Waals surface area contributed by atoms with Crippen molar-refractivity contribution in [3.8, 4) is 0 Å². The lowest BCUT2D eigenvalue weighted by molar-refractivity contribution is 0.144. The molecule has 4 nitrogen and oxygen atoms in total. The van der Waals surface area contributed by atoms with Crippen LogP contribution < -0.4 is 10.6 Å². The lowest BCUT2D eigenvalue weighted by atomic mass is 10.1. The first-order chi connectivity index (χ1) is 11.0. The second-order valence-electron chi connectivity index (χ2n) is 5.29. The first-order valence-electron chi connectivity index (χ1n) is 6.93. The number of halogens is 3. The molecule has 0 unspecified atom stereocenters. The van der Waals surface area contributed by atoms with Crippen molar-refractivity contribution >= 4 is 23.3 Å². The number of aliphatic hydroxyl groups excluding tert-OH is 1. The van der Waals surface area contributed by atoms with Gasteiger partial charge in [-0.15, -0.1) is 0 Å². The van der Waals surface area contributed by atoms with Crippen molar-refractivity contribution in [2.75, 3.05) is 5.32 Å². The van der Waals surface area contributed by atoms with E-state index in [0.29, 0.717) is 12.5 Å². The maximum absolute atomic E-state index is 13.7. The van der Waals surface area contributed by atoms with Crippen molar-refractivity contribution in [1.82, 2.24) is 5.32 Å². The molecule has 7 heteroatoms. The predicted octanol–water partition coefficient (Wildman–Crippen LogP) is 3.40. The summed E-state index contributed by atoms with van der Waals surface area (Å²) in [5.41, 5.74) is 1.43. The van der Waals surface area contributed by atoms with Crippen LogP contribution in [-0.4, -0.2) is 17.2 Å². The number of amides is 2. The number of aliphatic hydroxyl groups is 1. The number of hydrogen-bond acceptors (Lipinski definition) is 2. The number of nitrogens with one attached hydrogen (secondary N) is 2. The monoisotopic (exact) mass is 338 g/mol. The number of benzene rings is 2. The lowest BCUT2D eigenvalue weighted by Crippen LogP contribution is -2.37. The zero-order valence-corrected chi connectivity index (χ0v) is 12.6. The summed E-state index contributed by atoms with van der Waals surface area (Å²) in [6.07, 6.45) is -0.348. The Morgan fingerprint density at radius 3 is 2.74 bits per heavy atom. The maximum atomic E-state index is 13.7. The maximum Gasteiger partial charge on any atom is 0.319 e. The quantitative estimate of drug-likeness (QED) is 0.786. The van der Waals surface area contributed by atoms with Gasteiger partial charge >= 0.3 is 6.03 Å². The van der Waals surface area contributed by atoms with Gasteiger partial charge < -0.3 is 15.7 Å². The molecule has 2 aromatic carbocycles. The zero-order valence-electron chi connectivity index (χ0n) is 11.8. The van der Waals surface area contributed by atoms with E-state index in [1.807, 2.05) is 18.2 Å². The minimum Gasteiger partial charge on any atom is -0.390 e. The molecular formula is C16H13ClF2N2O2. The average molecular weight is 339 g/mol. The summed E-state index contributed by atoms with van der Waals surface area (Å²) >= 11 is 5.73. The third-order valence-corrected chi connectivity index (χ3v) is 4.03. The molecule has 3 rings (SSSR count). The van der Waals surface area contributed by atoms with E-state index in [2.05, 4.69) is 10.6 Å².